The molecule has 6 nitrogen and oxygen atoms in total. The molecule has 0 aliphatic carbocycles. The van der Waals surface area contributed by atoms with Crippen molar-refractivity contribution in [2.24, 2.45) is 0 Å². The molecule has 1 fully saturated rings. The average Bonchev–Trinajstić information content (AvgIpc) is 2.52. The van der Waals surface area contributed by atoms with Crippen molar-refractivity contribution in [2.45, 2.75) is 6.92 Å². The Hall–Kier alpha value is -2.02. The number of nitrogens with one attached hydrogen (secondary N) is 1. The van der Waals surface area contributed by atoms with Crippen LogP contribution in [0.1, 0.15) is 6.92 Å². The molecule has 1 aliphatic rings. The molecule has 0 aromatic heterocycles. The Morgan fingerprint density at radius 3 is 2.55 bits per heavy atom. The monoisotopic (exact) mass is 329 g/mol. The van der Waals surface area contributed by atoms with E-state index >= 15 is 0 Å². The van der Waals surface area contributed by atoms with Crippen molar-refractivity contribution >= 4 is 29.4 Å². The minimum absolute atomic E-state index is 0.0327. The van der Waals surface area contributed by atoms with Gasteiger partial charge in [-0.3, -0.25) is 0 Å². The van der Waals surface area contributed by atoms with Crippen LogP contribution >= 0.6 is 11.6 Å². The van der Waals surface area contributed by atoms with Crippen LogP contribution in [-0.2, 0) is 4.74 Å². The van der Waals surface area contributed by atoms with Crippen LogP contribution in [0.3, 0.4) is 0 Å². The van der Waals surface area contributed by atoms with Crippen molar-refractivity contribution in [1.29, 1.82) is 0 Å². The van der Waals surface area contributed by atoms with Crippen molar-refractivity contribution in [3.8, 4) is 0 Å². The van der Waals surface area contributed by atoms with Crippen molar-refractivity contribution in [3.63, 3.8) is 0 Å². The number of halogens is 2. The standard InChI is InChI=1S/C14H17ClFN3O3/c1-2-22-14(21)19-8-6-18(7-9-19)13(20)17-11-5-3-4-10(15)12(11)16/h3-5H,2,6-9H2,1H3,(H,17,20). The molecule has 22 heavy (non-hydrogen) atoms. The maximum atomic E-state index is 13.7. The van der Waals surface area contributed by atoms with Crippen molar-refractivity contribution in [3.05, 3.63) is 29.0 Å². The zero-order valence-electron chi connectivity index (χ0n) is 12.1. The van der Waals surface area contributed by atoms with Crippen LogP contribution in [0.25, 0.3) is 0 Å². The Morgan fingerprint density at radius 2 is 1.91 bits per heavy atom. The zero-order chi connectivity index (χ0) is 16.1. The number of benzene rings is 1. The van der Waals surface area contributed by atoms with Gasteiger partial charge in [0, 0.05) is 26.2 Å². The maximum absolute atomic E-state index is 13.7. The number of amides is 3. The first-order valence-electron chi connectivity index (χ1n) is 6.94. The summed E-state index contributed by atoms with van der Waals surface area (Å²) in [6.07, 6.45) is -0.386. The van der Waals surface area contributed by atoms with Crippen molar-refractivity contribution in [2.75, 3.05) is 38.1 Å². The molecule has 3 amide bonds. The molecule has 1 saturated heterocycles. The molecule has 1 heterocycles. The number of hydrogen-bond acceptors (Lipinski definition) is 3. The van der Waals surface area contributed by atoms with E-state index in [4.69, 9.17) is 16.3 Å². The van der Waals surface area contributed by atoms with E-state index in [1.54, 1.807) is 13.0 Å². The fourth-order valence-electron chi connectivity index (χ4n) is 2.10. The summed E-state index contributed by atoms with van der Waals surface area (Å²) in [6, 6.07) is 3.97. The second-order valence-corrected chi connectivity index (χ2v) is 5.11. The Bertz CT molecular complexity index is 562. The molecule has 120 valence electrons. The summed E-state index contributed by atoms with van der Waals surface area (Å²) in [5.41, 5.74) is 0.0327. The Morgan fingerprint density at radius 1 is 1.27 bits per heavy atom. The third-order valence-electron chi connectivity index (χ3n) is 3.29. The third kappa shape index (κ3) is 3.79. The van der Waals surface area contributed by atoms with Gasteiger partial charge in [0.05, 0.1) is 17.3 Å². The van der Waals surface area contributed by atoms with Gasteiger partial charge in [0.15, 0.2) is 5.82 Å². The normalized spacial score (nSPS) is 14.7. The zero-order valence-corrected chi connectivity index (χ0v) is 12.9. The summed E-state index contributed by atoms with van der Waals surface area (Å²) in [5.74, 6) is -0.664. The second-order valence-electron chi connectivity index (χ2n) is 4.70. The number of carbonyl (C=O) groups is 2. The van der Waals surface area contributed by atoms with Gasteiger partial charge in [-0.05, 0) is 19.1 Å². The Balaban J connectivity index is 1.90. The summed E-state index contributed by atoms with van der Waals surface area (Å²) in [7, 11) is 0. The highest BCUT2D eigenvalue weighted by Gasteiger charge is 2.25. The molecular formula is C14H17ClFN3O3. The molecule has 1 aliphatic heterocycles. The molecule has 0 radical (unpaired) electrons. The summed E-state index contributed by atoms with van der Waals surface area (Å²) < 4.78 is 18.7. The predicted octanol–water partition coefficient (Wildman–Crippen LogP) is 2.79. The Kier molecular flexibility index (Phi) is 5.43. The van der Waals surface area contributed by atoms with Crippen LogP contribution in [0, 0.1) is 5.82 Å². The third-order valence-corrected chi connectivity index (χ3v) is 3.58. The van der Waals surface area contributed by atoms with Crippen LogP contribution in [0.15, 0.2) is 18.2 Å². The molecule has 0 atom stereocenters. The molecule has 0 bridgehead atoms. The van der Waals surface area contributed by atoms with Crippen LogP contribution in [-0.4, -0.2) is 54.7 Å². The van der Waals surface area contributed by atoms with Crippen LogP contribution < -0.4 is 5.32 Å². The minimum atomic E-state index is -0.664. The van der Waals surface area contributed by atoms with Crippen LogP contribution in [0.2, 0.25) is 5.02 Å². The first-order chi connectivity index (χ1) is 10.5. The highest BCUT2D eigenvalue weighted by molar-refractivity contribution is 6.31. The molecule has 1 aromatic carbocycles. The lowest BCUT2D eigenvalue weighted by Gasteiger charge is -2.34. The average molecular weight is 330 g/mol. The number of ether oxygens (including phenoxy) is 1. The van der Waals surface area contributed by atoms with E-state index in [1.807, 2.05) is 0 Å². The number of hydrogen-bond donors (Lipinski definition) is 1. The van der Waals surface area contributed by atoms with Gasteiger partial charge in [0.25, 0.3) is 0 Å². The van der Waals surface area contributed by atoms with Gasteiger partial charge in [0.1, 0.15) is 0 Å². The summed E-state index contributed by atoms with van der Waals surface area (Å²) >= 11 is 5.67. The van der Waals surface area contributed by atoms with Gasteiger partial charge in [0.2, 0.25) is 0 Å². The number of rotatable bonds is 2. The van der Waals surface area contributed by atoms with E-state index in [0.29, 0.717) is 32.8 Å². The SMILES string of the molecule is CCOC(=O)N1CCN(C(=O)Nc2cccc(Cl)c2F)CC1. The molecule has 1 aromatic rings. The topological polar surface area (TPSA) is 61.9 Å². The maximum Gasteiger partial charge on any atom is 0.409 e. The number of carbonyl (C=O) groups excluding carboxylic acids is 2. The summed E-state index contributed by atoms with van der Waals surface area (Å²) in [6.45, 7) is 3.52. The minimum Gasteiger partial charge on any atom is -0.450 e. The van der Waals surface area contributed by atoms with Gasteiger partial charge in [-0.1, -0.05) is 17.7 Å². The fourth-order valence-corrected chi connectivity index (χ4v) is 2.28. The smallest absolute Gasteiger partial charge is 0.409 e. The van der Waals surface area contributed by atoms with Gasteiger partial charge in [-0.15, -0.1) is 0 Å². The first kappa shape index (κ1) is 16.4. The highest BCUT2D eigenvalue weighted by Crippen LogP contribution is 2.22. The molecule has 2 rings (SSSR count). The lowest BCUT2D eigenvalue weighted by molar-refractivity contribution is 0.0868. The fraction of sp³-hybridized carbons (Fsp3) is 0.429. The Labute approximate surface area is 132 Å². The van der Waals surface area contributed by atoms with Gasteiger partial charge >= 0.3 is 12.1 Å². The predicted molar refractivity (Wildman–Crippen MR) is 80.6 cm³/mol. The van der Waals surface area contributed by atoms with E-state index < -0.39 is 11.8 Å². The highest BCUT2D eigenvalue weighted by atomic mass is 35.5. The van der Waals surface area contributed by atoms with Crippen LogP contribution in [0.4, 0.5) is 19.7 Å². The summed E-state index contributed by atoms with van der Waals surface area (Å²) in [5, 5.41) is 2.43. The molecule has 0 saturated carbocycles. The largest absolute Gasteiger partial charge is 0.450 e. The van der Waals surface area contributed by atoms with E-state index in [-0.39, 0.29) is 16.8 Å². The number of nitrogens with zero attached hydrogens (tertiary/aromatic N) is 2. The van der Waals surface area contributed by atoms with Crippen molar-refractivity contribution in [1.82, 2.24) is 9.80 Å². The number of piperazine rings is 1. The molecule has 0 unspecified atom stereocenters. The lowest BCUT2D eigenvalue weighted by Crippen LogP contribution is -2.51. The van der Waals surface area contributed by atoms with E-state index in [0.717, 1.165) is 0 Å². The van der Waals surface area contributed by atoms with Crippen LogP contribution in [0.5, 0.6) is 0 Å². The molecular weight excluding hydrogens is 313 g/mol. The second kappa shape index (κ2) is 7.31. The quantitative estimate of drug-likeness (QED) is 0.907. The number of anilines is 1. The lowest BCUT2D eigenvalue weighted by atomic mass is 10.3. The van der Waals surface area contributed by atoms with E-state index in [9.17, 15) is 14.0 Å². The number of urea groups is 1. The van der Waals surface area contributed by atoms with Gasteiger partial charge < -0.3 is 19.9 Å². The van der Waals surface area contributed by atoms with Gasteiger partial charge in [-0.25, -0.2) is 14.0 Å². The van der Waals surface area contributed by atoms with E-state index in [2.05, 4.69) is 5.32 Å². The van der Waals surface area contributed by atoms with Gasteiger partial charge in [-0.2, -0.15) is 0 Å². The van der Waals surface area contributed by atoms with Crippen molar-refractivity contribution < 1.29 is 18.7 Å². The molecule has 1 N–H and O–H groups in total. The van der Waals surface area contributed by atoms with E-state index in [1.165, 1.54) is 21.9 Å². The molecule has 8 heteroatoms. The summed E-state index contributed by atoms with van der Waals surface area (Å²) in [4.78, 5) is 26.7. The molecule has 0 spiro atoms. The first-order valence-corrected chi connectivity index (χ1v) is 7.32.